The average molecular weight is 591 g/mol. The normalized spacial score (nSPS) is 13.3. The monoisotopic (exact) mass is 591 g/mol. The predicted octanol–water partition coefficient (Wildman–Crippen LogP) is 6.38. The Morgan fingerprint density at radius 1 is 0.600 bits per heavy atom. The van der Waals surface area contributed by atoms with Crippen LogP contribution in [-0.4, -0.2) is 45.4 Å². The lowest BCUT2D eigenvalue weighted by Crippen LogP contribution is -2.18. The second-order valence-electron chi connectivity index (χ2n) is 8.55. The van der Waals surface area contributed by atoms with Gasteiger partial charge in [0, 0.05) is 39.6 Å². The Kier molecular flexibility index (Phi) is 10.6. The topological polar surface area (TPSA) is 137 Å². The van der Waals surface area contributed by atoms with Crippen molar-refractivity contribution in [3.63, 3.8) is 0 Å². The Balaban J connectivity index is 1.91. The Bertz CT molecular complexity index is 1310. The van der Waals surface area contributed by atoms with E-state index in [2.05, 4.69) is 4.98 Å². The van der Waals surface area contributed by atoms with Gasteiger partial charge in [-0.1, -0.05) is 65.7 Å². The van der Waals surface area contributed by atoms with E-state index in [1.54, 1.807) is 48.5 Å². The molecule has 0 aliphatic heterocycles. The van der Waals surface area contributed by atoms with Gasteiger partial charge in [-0.05, 0) is 26.0 Å². The third-order valence-electron chi connectivity index (χ3n) is 5.92. The molecule has 11 nitrogen and oxygen atoms in total. The van der Waals surface area contributed by atoms with Gasteiger partial charge in [-0.25, -0.2) is 14.6 Å². The second kappa shape index (κ2) is 13.5. The van der Waals surface area contributed by atoms with E-state index >= 15 is 0 Å². The summed E-state index contributed by atoms with van der Waals surface area (Å²) >= 11 is 0. The zero-order valence-electron chi connectivity index (χ0n) is 22.9. The highest BCUT2D eigenvalue weighted by atomic mass is 31.2. The van der Waals surface area contributed by atoms with Gasteiger partial charge in [0.15, 0.2) is 0 Å². The smallest absolute Gasteiger partial charge is 0.375 e. The fraction of sp³-hybridized carbons (Fsp3) is 0.296. The van der Waals surface area contributed by atoms with Crippen molar-refractivity contribution in [2.75, 3.05) is 28.4 Å². The highest BCUT2D eigenvalue weighted by Crippen LogP contribution is 2.61. The van der Waals surface area contributed by atoms with Gasteiger partial charge in [0.1, 0.15) is 11.4 Å². The Morgan fingerprint density at radius 2 is 0.925 bits per heavy atom. The first-order valence-corrected chi connectivity index (χ1v) is 15.2. The van der Waals surface area contributed by atoms with Gasteiger partial charge in [0.25, 0.3) is 0 Å². The molecular weight excluding hydrogens is 560 g/mol. The molecule has 13 heteroatoms. The minimum absolute atomic E-state index is 0.279. The van der Waals surface area contributed by atoms with Gasteiger partial charge in [0.2, 0.25) is 11.7 Å². The summed E-state index contributed by atoms with van der Waals surface area (Å²) in [6, 6.07) is 17.6. The summed E-state index contributed by atoms with van der Waals surface area (Å²) in [5, 5.41) is 0. The molecule has 3 aromatic rings. The molecule has 2 aromatic carbocycles. The fourth-order valence-corrected chi connectivity index (χ4v) is 6.20. The first-order chi connectivity index (χ1) is 19.0. The van der Waals surface area contributed by atoms with E-state index in [1.165, 1.54) is 46.6 Å². The first-order valence-electron chi connectivity index (χ1n) is 11.9. The molecule has 1 aromatic heterocycles. The van der Waals surface area contributed by atoms with Gasteiger partial charge >= 0.3 is 27.1 Å². The number of hydrogen-bond acceptors (Lipinski definition) is 11. The lowest BCUT2D eigenvalue weighted by molar-refractivity contribution is 0.0363. The van der Waals surface area contributed by atoms with Crippen LogP contribution in [0.15, 0.2) is 66.7 Å². The number of rotatable bonds is 12. The maximum Gasteiger partial charge on any atom is 0.375 e. The molecule has 2 unspecified atom stereocenters. The zero-order chi connectivity index (χ0) is 29.5. The molecule has 0 saturated carbocycles. The number of benzene rings is 2. The van der Waals surface area contributed by atoms with Gasteiger partial charge in [-0.2, -0.15) is 0 Å². The standard InChI is InChI=1S/C27H31NO10P2/c1-18-10-14-20(15-11-18)26(39(31,33-3)34-4)37-24(29)22-8-7-9-23(28-22)25(30)38-27(40(32,35-5)36-6)21-16-12-19(2)13-17-21/h7-17,26-27H,1-6H3. The van der Waals surface area contributed by atoms with E-state index in [-0.39, 0.29) is 11.4 Å². The number of pyridine rings is 1. The third kappa shape index (κ3) is 7.12. The zero-order valence-corrected chi connectivity index (χ0v) is 24.7. The van der Waals surface area contributed by atoms with Crippen LogP contribution in [0.2, 0.25) is 0 Å². The number of nitrogens with zero attached hydrogens (tertiary/aromatic N) is 1. The van der Waals surface area contributed by atoms with Gasteiger partial charge < -0.3 is 27.6 Å². The number of ether oxygens (including phenoxy) is 2. The SMILES string of the molecule is COP(=O)(OC)C(OC(=O)c1cccc(C(=O)OC(c2ccc(C)cc2)P(=O)(OC)OC)n1)c1ccc(C)cc1. The van der Waals surface area contributed by atoms with E-state index in [4.69, 9.17) is 27.6 Å². The second-order valence-corrected chi connectivity index (χ2v) is 13.1. The van der Waals surface area contributed by atoms with E-state index in [1.807, 2.05) is 13.8 Å². The molecule has 0 spiro atoms. The summed E-state index contributed by atoms with van der Waals surface area (Å²) < 4.78 is 57.9. The van der Waals surface area contributed by atoms with Crippen molar-refractivity contribution >= 4 is 27.1 Å². The van der Waals surface area contributed by atoms with Crippen molar-refractivity contribution in [1.29, 1.82) is 0 Å². The molecule has 0 bridgehead atoms. The number of hydrogen-bond donors (Lipinski definition) is 0. The van der Waals surface area contributed by atoms with Crippen molar-refractivity contribution in [3.8, 4) is 0 Å². The van der Waals surface area contributed by atoms with Gasteiger partial charge in [-0.3, -0.25) is 9.13 Å². The summed E-state index contributed by atoms with van der Waals surface area (Å²) in [5.41, 5.74) is 2.05. The molecule has 40 heavy (non-hydrogen) atoms. The molecule has 214 valence electrons. The van der Waals surface area contributed by atoms with Crippen molar-refractivity contribution in [2.45, 2.75) is 25.5 Å². The Labute approximate surface area is 232 Å². The van der Waals surface area contributed by atoms with Crippen molar-refractivity contribution < 1.29 is 46.3 Å². The van der Waals surface area contributed by atoms with Crippen LogP contribution in [-0.2, 0) is 36.7 Å². The molecule has 2 atom stereocenters. The molecule has 0 saturated heterocycles. The number of aromatic nitrogens is 1. The summed E-state index contributed by atoms with van der Waals surface area (Å²) in [5.74, 6) is -4.81. The summed E-state index contributed by atoms with van der Waals surface area (Å²) in [7, 11) is -3.16. The lowest BCUT2D eigenvalue weighted by atomic mass is 10.2. The Morgan fingerprint density at radius 3 is 1.23 bits per heavy atom. The lowest BCUT2D eigenvalue weighted by Gasteiger charge is -2.25. The van der Waals surface area contributed by atoms with Crippen LogP contribution in [0.25, 0.3) is 0 Å². The molecule has 1 heterocycles. The molecule has 0 N–H and O–H groups in total. The van der Waals surface area contributed by atoms with Gasteiger partial charge in [-0.15, -0.1) is 0 Å². The first kappa shape index (κ1) is 31.4. The minimum atomic E-state index is -3.94. The van der Waals surface area contributed by atoms with Crippen molar-refractivity contribution in [2.24, 2.45) is 0 Å². The van der Waals surface area contributed by atoms with Crippen LogP contribution >= 0.6 is 15.2 Å². The molecule has 0 aliphatic rings. The quantitative estimate of drug-likeness (QED) is 0.171. The van der Waals surface area contributed by atoms with Crippen LogP contribution in [0, 0.1) is 13.8 Å². The Hall–Kier alpha value is -3.17. The van der Waals surface area contributed by atoms with Crippen LogP contribution in [0.5, 0.6) is 0 Å². The fourth-order valence-electron chi connectivity index (χ4n) is 3.61. The molecular formula is C27H31NO10P2. The number of carbonyl (C=O) groups is 2. The minimum Gasteiger partial charge on any atom is -0.440 e. The molecule has 0 fully saturated rings. The largest absolute Gasteiger partial charge is 0.440 e. The van der Waals surface area contributed by atoms with Crippen LogP contribution in [0.1, 0.15) is 54.9 Å². The maximum atomic E-state index is 13.2. The average Bonchev–Trinajstić information content (AvgIpc) is 2.98. The van der Waals surface area contributed by atoms with Gasteiger partial charge in [0.05, 0.1) is 0 Å². The van der Waals surface area contributed by atoms with E-state index in [0.29, 0.717) is 11.1 Å². The highest BCUT2D eigenvalue weighted by Gasteiger charge is 2.41. The maximum absolute atomic E-state index is 13.2. The molecule has 3 rings (SSSR count). The number of esters is 2. The summed E-state index contributed by atoms with van der Waals surface area (Å²) in [4.78, 5) is 30.3. The summed E-state index contributed by atoms with van der Waals surface area (Å²) in [6.07, 6.45) is 0. The van der Waals surface area contributed by atoms with Crippen molar-refractivity contribution in [3.05, 3.63) is 100 Å². The highest BCUT2D eigenvalue weighted by molar-refractivity contribution is 7.54. The number of aryl methyl sites for hydroxylation is 2. The van der Waals surface area contributed by atoms with Crippen LogP contribution < -0.4 is 0 Å². The predicted molar refractivity (Wildman–Crippen MR) is 146 cm³/mol. The molecule has 0 amide bonds. The van der Waals surface area contributed by atoms with E-state index in [9.17, 15) is 18.7 Å². The van der Waals surface area contributed by atoms with Crippen molar-refractivity contribution in [1.82, 2.24) is 4.98 Å². The number of carbonyl (C=O) groups excluding carboxylic acids is 2. The van der Waals surface area contributed by atoms with E-state index < -0.39 is 38.8 Å². The summed E-state index contributed by atoms with van der Waals surface area (Å²) in [6.45, 7) is 3.74. The van der Waals surface area contributed by atoms with E-state index in [0.717, 1.165) is 11.1 Å². The molecule has 0 aliphatic carbocycles. The third-order valence-corrected chi connectivity index (χ3v) is 9.91. The van der Waals surface area contributed by atoms with Crippen LogP contribution in [0.3, 0.4) is 0 Å². The van der Waals surface area contributed by atoms with Crippen LogP contribution in [0.4, 0.5) is 0 Å². The molecule has 0 radical (unpaired) electrons.